The second-order valence-corrected chi connectivity index (χ2v) is 7.73. The molecular weight excluding hydrogens is 392 g/mol. The van der Waals surface area contributed by atoms with Gasteiger partial charge in [-0.3, -0.25) is 4.79 Å². The Bertz CT molecular complexity index is 1150. The van der Waals surface area contributed by atoms with E-state index in [-0.39, 0.29) is 17.1 Å². The van der Waals surface area contributed by atoms with Crippen LogP contribution in [0.25, 0.3) is 22.4 Å². The molecule has 5 N–H and O–H groups in total. The van der Waals surface area contributed by atoms with Crippen LogP contribution in [0.2, 0.25) is 0 Å². The summed E-state index contributed by atoms with van der Waals surface area (Å²) in [6.07, 6.45) is 0. The van der Waals surface area contributed by atoms with E-state index in [4.69, 9.17) is 16.2 Å². The first-order chi connectivity index (χ1) is 14.9. The molecule has 1 aromatic heterocycles. The van der Waals surface area contributed by atoms with Crippen LogP contribution in [0.15, 0.2) is 42.5 Å². The van der Waals surface area contributed by atoms with Crippen LogP contribution >= 0.6 is 0 Å². The zero-order valence-electron chi connectivity index (χ0n) is 17.7. The van der Waals surface area contributed by atoms with Gasteiger partial charge in [0.05, 0.1) is 24.6 Å². The summed E-state index contributed by atoms with van der Waals surface area (Å²) < 4.78 is 5.45. The Labute approximate surface area is 181 Å². The van der Waals surface area contributed by atoms with Crippen LogP contribution in [-0.2, 0) is 4.74 Å². The highest BCUT2D eigenvalue weighted by atomic mass is 16.5. The molecule has 1 aliphatic rings. The molecular formula is C24H26N4O3. The number of pyridine rings is 1. The van der Waals surface area contributed by atoms with Gasteiger partial charge in [-0.1, -0.05) is 18.2 Å². The number of nitrogens with two attached hydrogens (primary N) is 2. The highest BCUT2D eigenvalue weighted by Gasteiger charge is 2.20. The van der Waals surface area contributed by atoms with Crippen LogP contribution < -0.4 is 16.4 Å². The van der Waals surface area contributed by atoms with Gasteiger partial charge >= 0.3 is 0 Å². The third-order valence-corrected chi connectivity index (χ3v) is 5.72. The summed E-state index contributed by atoms with van der Waals surface area (Å²) in [4.78, 5) is 18.9. The van der Waals surface area contributed by atoms with Gasteiger partial charge in [0.2, 0.25) is 0 Å². The van der Waals surface area contributed by atoms with Crippen molar-refractivity contribution in [1.82, 2.24) is 4.98 Å². The summed E-state index contributed by atoms with van der Waals surface area (Å²) in [5.74, 6) is -0.534. The maximum Gasteiger partial charge on any atom is 0.269 e. The lowest BCUT2D eigenvalue weighted by Gasteiger charge is -2.29. The third-order valence-electron chi connectivity index (χ3n) is 5.72. The molecule has 0 unspecified atom stereocenters. The molecule has 1 amide bonds. The number of aromatic hydroxyl groups is 1. The minimum absolute atomic E-state index is 0.0198. The molecule has 0 aliphatic carbocycles. The predicted molar refractivity (Wildman–Crippen MR) is 122 cm³/mol. The van der Waals surface area contributed by atoms with Gasteiger partial charge in [0.1, 0.15) is 5.75 Å². The molecule has 0 saturated carbocycles. The molecule has 31 heavy (non-hydrogen) atoms. The molecule has 0 atom stereocenters. The third kappa shape index (κ3) is 3.92. The average molecular weight is 418 g/mol. The summed E-state index contributed by atoms with van der Waals surface area (Å²) in [6.45, 7) is 6.77. The molecule has 2 aromatic carbocycles. The van der Waals surface area contributed by atoms with Gasteiger partial charge in [-0.25, -0.2) is 4.98 Å². The first-order valence-electron chi connectivity index (χ1n) is 10.2. The maximum atomic E-state index is 12.1. The van der Waals surface area contributed by atoms with Crippen LogP contribution in [0.3, 0.4) is 0 Å². The standard InChI is InChI=1S/C24H26N4O3/c1-14-6-7-20(29)15(2)21(14)18-13-19(27-23(22(18)25)24(26)30)16-4-3-5-17(12-16)28-8-10-31-11-9-28/h3-7,12-13,29H,8-11,25H2,1-2H3,(H2,26,30). The number of phenolic OH excluding ortho intramolecular Hbond substituents is 1. The quantitative estimate of drug-likeness (QED) is 0.599. The van der Waals surface area contributed by atoms with E-state index in [2.05, 4.69) is 9.88 Å². The number of morpholine rings is 1. The molecule has 2 heterocycles. The van der Waals surface area contributed by atoms with Gasteiger partial charge in [0, 0.05) is 29.9 Å². The van der Waals surface area contributed by atoms with E-state index in [1.165, 1.54) is 0 Å². The molecule has 7 heteroatoms. The number of amides is 1. The van der Waals surface area contributed by atoms with E-state index in [1.807, 2.05) is 50.2 Å². The number of anilines is 2. The van der Waals surface area contributed by atoms with E-state index in [0.717, 1.165) is 35.5 Å². The number of hydrogen-bond donors (Lipinski definition) is 3. The number of primary amides is 1. The fraction of sp³-hybridized carbons (Fsp3) is 0.250. The van der Waals surface area contributed by atoms with Crippen molar-refractivity contribution in [2.75, 3.05) is 36.9 Å². The zero-order valence-corrected chi connectivity index (χ0v) is 17.7. The Morgan fingerprint density at radius 2 is 1.87 bits per heavy atom. The number of rotatable bonds is 4. The molecule has 0 bridgehead atoms. The summed E-state index contributed by atoms with van der Waals surface area (Å²) >= 11 is 0. The highest BCUT2D eigenvalue weighted by Crippen LogP contribution is 2.39. The Hall–Kier alpha value is -3.58. The van der Waals surface area contributed by atoms with E-state index in [9.17, 15) is 9.90 Å². The van der Waals surface area contributed by atoms with E-state index < -0.39 is 5.91 Å². The Morgan fingerprint density at radius 3 is 2.58 bits per heavy atom. The lowest BCUT2D eigenvalue weighted by Crippen LogP contribution is -2.36. The number of benzene rings is 2. The smallest absolute Gasteiger partial charge is 0.269 e. The van der Waals surface area contributed by atoms with Crippen molar-refractivity contribution in [1.29, 1.82) is 0 Å². The molecule has 3 aromatic rings. The minimum atomic E-state index is -0.694. The number of aromatic nitrogens is 1. The molecule has 4 rings (SSSR count). The van der Waals surface area contributed by atoms with E-state index in [1.54, 1.807) is 6.07 Å². The Morgan fingerprint density at radius 1 is 1.13 bits per heavy atom. The molecule has 1 fully saturated rings. The monoisotopic (exact) mass is 418 g/mol. The predicted octanol–water partition coefficient (Wildman–Crippen LogP) is 3.26. The number of carbonyl (C=O) groups excluding carboxylic acids is 1. The lowest BCUT2D eigenvalue weighted by atomic mass is 9.92. The highest BCUT2D eigenvalue weighted by molar-refractivity contribution is 6.01. The minimum Gasteiger partial charge on any atom is -0.508 e. The lowest BCUT2D eigenvalue weighted by molar-refractivity contribution is 0.0996. The number of carbonyl (C=O) groups is 1. The number of aryl methyl sites for hydroxylation is 1. The molecule has 1 aliphatic heterocycles. The normalized spacial score (nSPS) is 13.9. The summed E-state index contributed by atoms with van der Waals surface area (Å²) in [5, 5.41) is 10.3. The SMILES string of the molecule is Cc1ccc(O)c(C)c1-c1cc(-c2cccc(N3CCOCC3)c2)nc(C(N)=O)c1N. The van der Waals surface area contributed by atoms with Gasteiger partial charge < -0.3 is 26.2 Å². The second kappa shape index (κ2) is 8.28. The molecule has 0 spiro atoms. The van der Waals surface area contributed by atoms with Crippen molar-refractivity contribution in [3.05, 3.63) is 59.3 Å². The first kappa shape index (κ1) is 20.7. The van der Waals surface area contributed by atoms with Crippen LogP contribution in [0, 0.1) is 13.8 Å². The molecule has 1 saturated heterocycles. The van der Waals surface area contributed by atoms with Crippen molar-refractivity contribution in [2.24, 2.45) is 5.73 Å². The van der Waals surface area contributed by atoms with E-state index >= 15 is 0 Å². The van der Waals surface area contributed by atoms with Gasteiger partial charge in [-0.15, -0.1) is 0 Å². The number of hydrogen-bond acceptors (Lipinski definition) is 6. The van der Waals surface area contributed by atoms with Gasteiger partial charge in [-0.2, -0.15) is 0 Å². The summed E-state index contributed by atoms with van der Waals surface area (Å²) in [6, 6.07) is 13.3. The molecule has 160 valence electrons. The molecule has 0 radical (unpaired) electrons. The van der Waals surface area contributed by atoms with Crippen molar-refractivity contribution >= 4 is 17.3 Å². The van der Waals surface area contributed by atoms with Crippen molar-refractivity contribution in [3.63, 3.8) is 0 Å². The van der Waals surface area contributed by atoms with Gasteiger partial charge in [0.15, 0.2) is 5.69 Å². The topological polar surface area (TPSA) is 115 Å². The van der Waals surface area contributed by atoms with Crippen LogP contribution in [0.4, 0.5) is 11.4 Å². The van der Waals surface area contributed by atoms with E-state index in [0.29, 0.717) is 30.0 Å². The van der Waals surface area contributed by atoms with Crippen molar-refractivity contribution in [2.45, 2.75) is 13.8 Å². The van der Waals surface area contributed by atoms with Gasteiger partial charge in [-0.05, 0) is 54.8 Å². The fourth-order valence-corrected chi connectivity index (χ4v) is 4.03. The van der Waals surface area contributed by atoms with Gasteiger partial charge in [0.25, 0.3) is 5.91 Å². The summed E-state index contributed by atoms with van der Waals surface area (Å²) in [7, 11) is 0. The second-order valence-electron chi connectivity index (χ2n) is 7.73. The number of nitrogen functional groups attached to an aromatic ring is 1. The summed E-state index contributed by atoms with van der Waals surface area (Å²) in [5.41, 5.74) is 17.7. The first-order valence-corrected chi connectivity index (χ1v) is 10.2. The Kier molecular flexibility index (Phi) is 5.52. The fourth-order valence-electron chi connectivity index (χ4n) is 4.03. The molecule has 7 nitrogen and oxygen atoms in total. The largest absolute Gasteiger partial charge is 0.508 e. The van der Waals surface area contributed by atoms with Crippen LogP contribution in [0.1, 0.15) is 21.6 Å². The van der Waals surface area contributed by atoms with Crippen LogP contribution in [-0.4, -0.2) is 42.3 Å². The number of ether oxygens (including phenoxy) is 1. The van der Waals surface area contributed by atoms with Crippen LogP contribution in [0.5, 0.6) is 5.75 Å². The Balaban J connectivity index is 1.89. The zero-order chi connectivity index (χ0) is 22.1. The number of nitrogens with zero attached hydrogens (tertiary/aromatic N) is 2. The van der Waals surface area contributed by atoms with Crippen molar-refractivity contribution < 1.29 is 14.6 Å². The van der Waals surface area contributed by atoms with Crippen molar-refractivity contribution in [3.8, 4) is 28.1 Å². The average Bonchev–Trinajstić information content (AvgIpc) is 2.78. The number of phenols is 1. The maximum absolute atomic E-state index is 12.1.